The fourth-order valence-electron chi connectivity index (χ4n) is 2.53. The smallest absolute Gasteiger partial charge is 0.0678 e. The topological polar surface area (TPSA) is 24.5 Å². The molecule has 100 valence electrons. The highest BCUT2D eigenvalue weighted by Crippen LogP contribution is 2.14. The molecule has 18 heavy (non-hydrogen) atoms. The quantitative estimate of drug-likeness (QED) is 0.886. The molecule has 1 aliphatic heterocycles. The van der Waals surface area contributed by atoms with Crippen molar-refractivity contribution in [2.75, 3.05) is 25.0 Å². The van der Waals surface area contributed by atoms with E-state index < -0.39 is 0 Å². The van der Waals surface area contributed by atoms with Crippen molar-refractivity contribution in [3.05, 3.63) is 30.3 Å². The third-order valence-electron chi connectivity index (χ3n) is 3.45. The summed E-state index contributed by atoms with van der Waals surface area (Å²) in [6.45, 7) is 9.62. The number of morpholine rings is 1. The Labute approximate surface area is 110 Å². The van der Waals surface area contributed by atoms with Gasteiger partial charge in [0.2, 0.25) is 0 Å². The number of rotatable bonds is 4. The van der Waals surface area contributed by atoms with Crippen LogP contribution in [0.3, 0.4) is 0 Å². The number of benzene rings is 1. The molecule has 0 amide bonds. The van der Waals surface area contributed by atoms with Crippen LogP contribution in [0.5, 0.6) is 0 Å². The zero-order valence-electron chi connectivity index (χ0n) is 11.6. The Bertz CT molecular complexity index is 345. The molecule has 3 heteroatoms. The van der Waals surface area contributed by atoms with E-state index in [4.69, 9.17) is 4.74 Å². The first-order valence-electron chi connectivity index (χ1n) is 6.83. The molecule has 1 unspecified atom stereocenters. The number of para-hydroxylation sites is 1. The van der Waals surface area contributed by atoms with Gasteiger partial charge in [-0.05, 0) is 32.9 Å². The van der Waals surface area contributed by atoms with E-state index in [1.165, 1.54) is 5.69 Å². The second-order valence-electron chi connectivity index (χ2n) is 5.31. The van der Waals surface area contributed by atoms with E-state index >= 15 is 0 Å². The van der Waals surface area contributed by atoms with Gasteiger partial charge in [-0.3, -0.25) is 4.90 Å². The summed E-state index contributed by atoms with van der Waals surface area (Å²) in [5.74, 6) is 0. The van der Waals surface area contributed by atoms with Gasteiger partial charge < -0.3 is 10.1 Å². The largest absolute Gasteiger partial charge is 0.383 e. The highest BCUT2D eigenvalue weighted by atomic mass is 16.5. The van der Waals surface area contributed by atoms with Gasteiger partial charge in [0.25, 0.3) is 0 Å². The summed E-state index contributed by atoms with van der Waals surface area (Å²) in [7, 11) is 0. The Kier molecular flexibility index (Phi) is 4.61. The zero-order valence-corrected chi connectivity index (χ0v) is 11.6. The van der Waals surface area contributed by atoms with Gasteiger partial charge in [0, 0.05) is 31.4 Å². The molecule has 1 N–H and O–H groups in total. The van der Waals surface area contributed by atoms with Crippen molar-refractivity contribution < 1.29 is 4.74 Å². The molecule has 0 saturated carbocycles. The van der Waals surface area contributed by atoms with Crippen LogP contribution in [0.2, 0.25) is 0 Å². The third kappa shape index (κ3) is 3.72. The van der Waals surface area contributed by atoms with Crippen LogP contribution in [0, 0.1) is 0 Å². The Morgan fingerprint density at radius 1 is 1.22 bits per heavy atom. The van der Waals surface area contributed by atoms with Crippen LogP contribution >= 0.6 is 0 Å². The maximum atomic E-state index is 5.77. The van der Waals surface area contributed by atoms with E-state index in [1.54, 1.807) is 0 Å². The molecule has 3 atom stereocenters. The lowest BCUT2D eigenvalue weighted by Gasteiger charge is -2.39. The van der Waals surface area contributed by atoms with Crippen LogP contribution in [-0.2, 0) is 4.74 Å². The lowest BCUT2D eigenvalue weighted by atomic mass is 10.1. The van der Waals surface area contributed by atoms with Crippen molar-refractivity contribution in [1.29, 1.82) is 0 Å². The summed E-state index contributed by atoms with van der Waals surface area (Å²) in [6.07, 6.45) is 0.681. The van der Waals surface area contributed by atoms with Crippen molar-refractivity contribution in [2.45, 2.75) is 39.0 Å². The predicted molar refractivity (Wildman–Crippen MR) is 76.0 cm³/mol. The van der Waals surface area contributed by atoms with Gasteiger partial charge in [-0.2, -0.15) is 0 Å². The molecule has 0 radical (unpaired) electrons. The van der Waals surface area contributed by atoms with Crippen molar-refractivity contribution in [1.82, 2.24) is 4.90 Å². The van der Waals surface area contributed by atoms with Gasteiger partial charge in [-0.25, -0.2) is 0 Å². The number of nitrogens with one attached hydrogen (secondary N) is 1. The predicted octanol–water partition coefficient (Wildman–Crippen LogP) is 2.60. The first-order valence-corrected chi connectivity index (χ1v) is 6.83. The molecule has 0 aliphatic carbocycles. The summed E-state index contributed by atoms with van der Waals surface area (Å²) in [5, 5.41) is 3.49. The SMILES string of the molecule is CC(CNc1ccccc1)N1C[C@@H](C)O[C@@H](C)C1. The minimum atomic E-state index is 0.341. The van der Waals surface area contributed by atoms with E-state index in [0.717, 1.165) is 19.6 Å². The Morgan fingerprint density at radius 3 is 2.44 bits per heavy atom. The van der Waals surface area contributed by atoms with Gasteiger partial charge in [0.1, 0.15) is 0 Å². The average Bonchev–Trinajstić information content (AvgIpc) is 2.36. The summed E-state index contributed by atoms with van der Waals surface area (Å²) in [4.78, 5) is 2.51. The minimum Gasteiger partial charge on any atom is -0.383 e. The van der Waals surface area contributed by atoms with E-state index in [-0.39, 0.29) is 0 Å². The van der Waals surface area contributed by atoms with Crippen molar-refractivity contribution in [3.63, 3.8) is 0 Å². The fraction of sp³-hybridized carbons (Fsp3) is 0.600. The van der Waals surface area contributed by atoms with Crippen LogP contribution in [0.15, 0.2) is 30.3 Å². The van der Waals surface area contributed by atoms with Gasteiger partial charge in [-0.15, -0.1) is 0 Å². The first-order chi connectivity index (χ1) is 8.65. The van der Waals surface area contributed by atoms with Crippen LogP contribution in [0.1, 0.15) is 20.8 Å². The molecular formula is C15H24N2O. The number of ether oxygens (including phenoxy) is 1. The monoisotopic (exact) mass is 248 g/mol. The molecule has 1 fully saturated rings. The van der Waals surface area contributed by atoms with E-state index in [0.29, 0.717) is 18.2 Å². The standard InChI is InChI=1S/C15H24N2O/c1-12(9-16-15-7-5-4-6-8-15)17-10-13(2)18-14(3)11-17/h4-8,12-14,16H,9-11H2,1-3H3/t12?,13-,14+. The highest BCUT2D eigenvalue weighted by Gasteiger charge is 2.25. The molecule has 2 rings (SSSR count). The first kappa shape index (κ1) is 13.4. The van der Waals surface area contributed by atoms with Crippen LogP contribution in [0.25, 0.3) is 0 Å². The lowest BCUT2D eigenvalue weighted by Crippen LogP contribution is -2.50. The third-order valence-corrected chi connectivity index (χ3v) is 3.45. The second kappa shape index (κ2) is 6.21. The van der Waals surface area contributed by atoms with Crippen LogP contribution in [-0.4, -0.2) is 42.8 Å². The Balaban J connectivity index is 1.82. The molecule has 0 bridgehead atoms. The van der Waals surface area contributed by atoms with E-state index in [9.17, 15) is 0 Å². The Hall–Kier alpha value is -1.06. The molecular weight excluding hydrogens is 224 g/mol. The average molecular weight is 248 g/mol. The molecule has 1 aromatic rings. The summed E-state index contributed by atoms with van der Waals surface area (Å²) >= 11 is 0. The number of hydrogen-bond acceptors (Lipinski definition) is 3. The van der Waals surface area contributed by atoms with Gasteiger partial charge in [-0.1, -0.05) is 18.2 Å². The molecule has 0 aromatic heterocycles. The molecule has 1 saturated heterocycles. The summed E-state index contributed by atoms with van der Waals surface area (Å²) in [5.41, 5.74) is 1.19. The normalized spacial score (nSPS) is 26.8. The van der Waals surface area contributed by atoms with Crippen LogP contribution < -0.4 is 5.32 Å². The zero-order chi connectivity index (χ0) is 13.0. The lowest BCUT2D eigenvalue weighted by molar-refractivity contribution is -0.0769. The fourth-order valence-corrected chi connectivity index (χ4v) is 2.53. The molecule has 1 aromatic carbocycles. The second-order valence-corrected chi connectivity index (χ2v) is 5.31. The van der Waals surface area contributed by atoms with Crippen molar-refractivity contribution in [2.24, 2.45) is 0 Å². The number of nitrogens with zero attached hydrogens (tertiary/aromatic N) is 1. The van der Waals surface area contributed by atoms with Gasteiger partial charge in [0.15, 0.2) is 0 Å². The van der Waals surface area contributed by atoms with Crippen LogP contribution in [0.4, 0.5) is 5.69 Å². The molecule has 0 spiro atoms. The molecule has 1 heterocycles. The summed E-state index contributed by atoms with van der Waals surface area (Å²) in [6, 6.07) is 10.9. The minimum absolute atomic E-state index is 0.341. The van der Waals surface area contributed by atoms with Crippen molar-refractivity contribution in [3.8, 4) is 0 Å². The summed E-state index contributed by atoms with van der Waals surface area (Å²) < 4.78 is 5.77. The van der Waals surface area contributed by atoms with Gasteiger partial charge in [0.05, 0.1) is 12.2 Å². The van der Waals surface area contributed by atoms with Crippen molar-refractivity contribution >= 4 is 5.69 Å². The van der Waals surface area contributed by atoms with E-state index in [2.05, 4.69) is 55.3 Å². The number of hydrogen-bond donors (Lipinski definition) is 1. The molecule has 3 nitrogen and oxygen atoms in total. The van der Waals surface area contributed by atoms with E-state index in [1.807, 2.05) is 6.07 Å². The maximum absolute atomic E-state index is 5.77. The van der Waals surface area contributed by atoms with Gasteiger partial charge >= 0.3 is 0 Å². The Morgan fingerprint density at radius 2 is 1.83 bits per heavy atom. The number of anilines is 1. The molecule has 1 aliphatic rings. The highest BCUT2D eigenvalue weighted by molar-refractivity contribution is 5.42. The maximum Gasteiger partial charge on any atom is 0.0678 e.